The fourth-order valence-electron chi connectivity index (χ4n) is 3.43. The fourth-order valence-corrected chi connectivity index (χ4v) is 3.43. The van der Waals surface area contributed by atoms with Gasteiger partial charge >= 0.3 is 0 Å². The number of hydrogen-bond donors (Lipinski definition) is 1. The molecule has 3 atom stereocenters. The number of hydrogen-bond acceptors (Lipinski definition) is 2. The van der Waals surface area contributed by atoms with Gasteiger partial charge in [0.25, 0.3) is 0 Å². The van der Waals surface area contributed by atoms with Crippen molar-refractivity contribution in [2.45, 2.75) is 25.4 Å². The Morgan fingerprint density at radius 2 is 1.94 bits per heavy atom. The van der Waals surface area contributed by atoms with Crippen LogP contribution in [0.2, 0.25) is 0 Å². The number of aliphatic hydroxyl groups excluding tert-OH is 1. The maximum absolute atomic E-state index is 13.1. The predicted octanol–water partition coefficient (Wildman–Crippen LogP) is 3.65. The molecule has 2 fully saturated rings. The molecule has 3 unspecified atom stereocenters. The van der Waals surface area contributed by atoms with Crippen LogP contribution in [0, 0.1) is 23.6 Å². The molecule has 2 aromatic rings. The van der Waals surface area contributed by atoms with E-state index in [4.69, 9.17) is 4.42 Å². The minimum atomic E-state index is -0.534. The maximum Gasteiger partial charge on any atom is 0.134 e. The highest BCUT2D eigenvalue weighted by Gasteiger charge is 2.48. The molecule has 1 N–H and O–H groups in total. The molecule has 18 heavy (non-hydrogen) atoms. The van der Waals surface area contributed by atoms with E-state index in [0.717, 1.165) is 30.1 Å². The Morgan fingerprint density at radius 1 is 1.17 bits per heavy atom. The van der Waals surface area contributed by atoms with E-state index in [0.29, 0.717) is 17.3 Å². The third kappa shape index (κ3) is 1.57. The zero-order chi connectivity index (χ0) is 12.3. The highest BCUT2D eigenvalue weighted by molar-refractivity contribution is 5.77. The van der Waals surface area contributed by atoms with Crippen LogP contribution >= 0.6 is 0 Å². The summed E-state index contributed by atoms with van der Waals surface area (Å²) in [5, 5.41) is 11.1. The molecule has 0 aliphatic heterocycles. The van der Waals surface area contributed by atoms with Crippen molar-refractivity contribution >= 4 is 11.0 Å². The minimum absolute atomic E-state index is 0.272. The highest BCUT2D eigenvalue weighted by Crippen LogP contribution is 2.57. The van der Waals surface area contributed by atoms with Crippen molar-refractivity contribution in [1.82, 2.24) is 0 Å². The van der Waals surface area contributed by atoms with Crippen molar-refractivity contribution in [2.75, 3.05) is 0 Å². The molecule has 0 bridgehead atoms. The largest absolute Gasteiger partial charge is 0.458 e. The Kier molecular flexibility index (Phi) is 2.10. The zero-order valence-electron chi connectivity index (χ0n) is 9.97. The van der Waals surface area contributed by atoms with Gasteiger partial charge in [-0.15, -0.1) is 0 Å². The van der Waals surface area contributed by atoms with Crippen LogP contribution in [0.3, 0.4) is 0 Å². The van der Waals surface area contributed by atoms with Crippen LogP contribution in [0.25, 0.3) is 11.0 Å². The Morgan fingerprint density at radius 3 is 2.72 bits per heavy atom. The van der Waals surface area contributed by atoms with Crippen molar-refractivity contribution in [3.63, 3.8) is 0 Å². The standard InChI is InChI=1S/C15H15FO2/c16-12-1-2-13-10(6-12)7-14(18-13)15(17)11-4-8-3-9(8)5-11/h1-2,6-9,11,15,17H,3-5H2. The number of aliphatic hydroxyl groups is 1. The molecule has 0 saturated heterocycles. The zero-order valence-corrected chi connectivity index (χ0v) is 9.97. The lowest BCUT2D eigenvalue weighted by molar-refractivity contribution is 0.0841. The lowest BCUT2D eigenvalue weighted by Gasteiger charge is -2.16. The molecule has 3 heteroatoms. The summed E-state index contributed by atoms with van der Waals surface area (Å²) < 4.78 is 18.7. The third-order valence-electron chi connectivity index (χ3n) is 4.52. The summed E-state index contributed by atoms with van der Waals surface area (Å²) in [6.07, 6.45) is 3.02. The van der Waals surface area contributed by atoms with Gasteiger partial charge < -0.3 is 9.52 Å². The van der Waals surface area contributed by atoms with E-state index in [2.05, 4.69) is 0 Å². The van der Waals surface area contributed by atoms with Crippen LogP contribution in [0.15, 0.2) is 28.7 Å². The van der Waals surface area contributed by atoms with Gasteiger partial charge in [-0.05, 0) is 61.3 Å². The van der Waals surface area contributed by atoms with Crippen molar-refractivity contribution in [3.8, 4) is 0 Å². The Balaban J connectivity index is 1.65. The van der Waals surface area contributed by atoms with Crippen molar-refractivity contribution in [2.24, 2.45) is 17.8 Å². The van der Waals surface area contributed by atoms with Crippen LogP contribution in [0.4, 0.5) is 4.39 Å². The van der Waals surface area contributed by atoms with Gasteiger partial charge in [-0.2, -0.15) is 0 Å². The Labute approximate surface area is 104 Å². The lowest BCUT2D eigenvalue weighted by Crippen LogP contribution is -2.09. The molecule has 0 amide bonds. The van der Waals surface area contributed by atoms with Crippen molar-refractivity contribution < 1.29 is 13.9 Å². The molecule has 2 aliphatic rings. The van der Waals surface area contributed by atoms with Gasteiger partial charge in [0.2, 0.25) is 0 Å². The summed E-state index contributed by atoms with van der Waals surface area (Å²) in [4.78, 5) is 0. The first-order chi connectivity index (χ1) is 8.70. The third-order valence-corrected chi connectivity index (χ3v) is 4.52. The summed E-state index contributed by atoms with van der Waals surface area (Å²) in [6.45, 7) is 0. The van der Waals surface area contributed by atoms with E-state index in [1.165, 1.54) is 18.6 Å². The van der Waals surface area contributed by atoms with Crippen molar-refractivity contribution in [1.29, 1.82) is 0 Å². The van der Waals surface area contributed by atoms with E-state index in [1.807, 2.05) is 0 Å². The molecular formula is C15H15FO2. The molecule has 94 valence electrons. The second kappa shape index (κ2) is 3.58. The second-order valence-corrected chi connectivity index (χ2v) is 5.76. The number of benzene rings is 1. The lowest BCUT2D eigenvalue weighted by atomic mass is 9.95. The first-order valence-electron chi connectivity index (χ1n) is 6.58. The highest BCUT2D eigenvalue weighted by atomic mass is 19.1. The van der Waals surface area contributed by atoms with E-state index in [-0.39, 0.29) is 5.82 Å². The van der Waals surface area contributed by atoms with E-state index in [1.54, 1.807) is 12.1 Å². The number of fused-ring (bicyclic) bond motifs is 2. The summed E-state index contributed by atoms with van der Waals surface area (Å²) >= 11 is 0. The Bertz CT molecular complexity index is 594. The van der Waals surface area contributed by atoms with E-state index in [9.17, 15) is 9.50 Å². The predicted molar refractivity (Wildman–Crippen MR) is 65.5 cm³/mol. The molecule has 0 radical (unpaired) electrons. The topological polar surface area (TPSA) is 33.4 Å². The van der Waals surface area contributed by atoms with Crippen molar-refractivity contribution in [3.05, 3.63) is 35.8 Å². The summed E-state index contributed by atoms with van der Waals surface area (Å²) in [7, 11) is 0. The number of halogens is 1. The Hall–Kier alpha value is -1.35. The fraction of sp³-hybridized carbons (Fsp3) is 0.467. The van der Waals surface area contributed by atoms with Gasteiger partial charge in [0.1, 0.15) is 23.3 Å². The quantitative estimate of drug-likeness (QED) is 0.877. The summed E-state index contributed by atoms with van der Waals surface area (Å²) in [6, 6.07) is 6.22. The molecule has 1 aromatic heterocycles. The van der Waals surface area contributed by atoms with Crippen LogP contribution in [0.1, 0.15) is 31.1 Å². The molecule has 0 spiro atoms. The number of rotatable bonds is 2. The molecule has 2 nitrogen and oxygen atoms in total. The van der Waals surface area contributed by atoms with Gasteiger partial charge in [-0.25, -0.2) is 4.39 Å². The molecule has 4 rings (SSSR count). The first-order valence-corrected chi connectivity index (χ1v) is 6.58. The van der Waals surface area contributed by atoms with Gasteiger partial charge in [-0.3, -0.25) is 0 Å². The summed E-state index contributed by atoms with van der Waals surface area (Å²) in [5.41, 5.74) is 0.647. The van der Waals surface area contributed by atoms with Gasteiger partial charge in [0.05, 0.1) is 0 Å². The van der Waals surface area contributed by atoms with Gasteiger partial charge in [0, 0.05) is 5.39 Å². The SMILES string of the molecule is OC(c1cc2cc(F)ccc2o1)C1CC2CC2C1. The molecule has 1 heterocycles. The van der Waals surface area contributed by atoms with Gasteiger partial charge in [0.15, 0.2) is 0 Å². The molecule has 2 saturated carbocycles. The van der Waals surface area contributed by atoms with Crippen LogP contribution in [-0.4, -0.2) is 5.11 Å². The van der Waals surface area contributed by atoms with Gasteiger partial charge in [-0.1, -0.05) is 0 Å². The first kappa shape index (κ1) is 10.6. The normalized spacial score (nSPS) is 31.6. The average molecular weight is 246 g/mol. The molecule has 2 aliphatic carbocycles. The maximum atomic E-state index is 13.1. The molecule has 1 aromatic carbocycles. The monoisotopic (exact) mass is 246 g/mol. The average Bonchev–Trinajstić information content (AvgIpc) is 2.81. The minimum Gasteiger partial charge on any atom is -0.458 e. The van der Waals surface area contributed by atoms with Crippen LogP contribution in [0.5, 0.6) is 0 Å². The smallest absolute Gasteiger partial charge is 0.134 e. The second-order valence-electron chi connectivity index (χ2n) is 5.76. The van der Waals surface area contributed by atoms with Crippen LogP contribution < -0.4 is 0 Å². The van der Waals surface area contributed by atoms with Crippen LogP contribution in [-0.2, 0) is 0 Å². The summed E-state index contributed by atoms with van der Waals surface area (Å²) in [5.74, 6) is 2.31. The number of furan rings is 1. The molecular weight excluding hydrogens is 231 g/mol. The van der Waals surface area contributed by atoms with E-state index >= 15 is 0 Å². The van der Waals surface area contributed by atoms with E-state index < -0.39 is 6.10 Å².